The molecule has 1 unspecified atom stereocenters. The van der Waals surface area contributed by atoms with Gasteiger partial charge in [-0.05, 0) is 50.7 Å². The molecule has 80 valence electrons. The minimum absolute atomic E-state index is 0.712. The zero-order chi connectivity index (χ0) is 10.1. The fraction of sp³-hybridized carbons (Fsp3) is 1.00. The molecule has 2 nitrogen and oxygen atoms in total. The minimum Gasteiger partial charge on any atom is -0.330 e. The predicted molar refractivity (Wildman–Crippen MR) is 59.8 cm³/mol. The second-order valence-electron chi connectivity index (χ2n) is 4.27. The minimum atomic E-state index is 0.712. The molecule has 0 fully saturated rings. The molecular formula is C11H26N2. The van der Waals surface area contributed by atoms with E-state index in [1.165, 1.54) is 19.3 Å². The molecule has 0 aliphatic heterocycles. The molecule has 0 saturated heterocycles. The summed E-state index contributed by atoms with van der Waals surface area (Å²) in [4.78, 5) is 0. The molecule has 3 N–H and O–H groups in total. The van der Waals surface area contributed by atoms with Crippen molar-refractivity contribution in [1.29, 1.82) is 0 Å². The van der Waals surface area contributed by atoms with E-state index in [-0.39, 0.29) is 0 Å². The van der Waals surface area contributed by atoms with Gasteiger partial charge in [-0.2, -0.15) is 0 Å². The Balaban J connectivity index is 3.36. The van der Waals surface area contributed by atoms with Gasteiger partial charge in [-0.25, -0.2) is 0 Å². The zero-order valence-corrected chi connectivity index (χ0v) is 9.47. The molecule has 0 amide bonds. The van der Waals surface area contributed by atoms with Crippen LogP contribution < -0.4 is 11.1 Å². The first-order valence-electron chi connectivity index (χ1n) is 5.61. The van der Waals surface area contributed by atoms with Crippen LogP contribution in [0.25, 0.3) is 0 Å². The van der Waals surface area contributed by atoms with Crippen molar-refractivity contribution in [3.8, 4) is 0 Å². The van der Waals surface area contributed by atoms with Crippen molar-refractivity contribution >= 4 is 0 Å². The average molecular weight is 186 g/mol. The number of nitrogens with one attached hydrogen (secondary N) is 1. The number of hydrogen-bond acceptors (Lipinski definition) is 2. The van der Waals surface area contributed by atoms with Crippen molar-refractivity contribution in [2.24, 2.45) is 17.6 Å². The molecule has 1 atom stereocenters. The maximum absolute atomic E-state index is 5.71. The lowest BCUT2D eigenvalue weighted by Gasteiger charge is -2.16. The van der Waals surface area contributed by atoms with E-state index >= 15 is 0 Å². The molecule has 0 aromatic carbocycles. The first kappa shape index (κ1) is 12.9. The van der Waals surface area contributed by atoms with Gasteiger partial charge in [-0.1, -0.05) is 20.8 Å². The van der Waals surface area contributed by atoms with Crippen molar-refractivity contribution in [3.05, 3.63) is 0 Å². The van der Waals surface area contributed by atoms with Gasteiger partial charge in [0, 0.05) is 0 Å². The van der Waals surface area contributed by atoms with E-state index < -0.39 is 0 Å². The lowest BCUT2D eigenvalue weighted by atomic mass is 9.94. The highest BCUT2D eigenvalue weighted by Gasteiger charge is 2.07. The largest absolute Gasteiger partial charge is 0.330 e. The van der Waals surface area contributed by atoms with E-state index in [1.807, 2.05) is 0 Å². The Morgan fingerprint density at radius 3 is 2.38 bits per heavy atom. The highest BCUT2D eigenvalue weighted by molar-refractivity contribution is 4.63. The molecule has 13 heavy (non-hydrogen) atoms. The van der Waals surface area contributed by atoms with Gasteiger partial charge in [-0.15, -0.1) is 0 Å². The summed E-state index contributed by atoms with van der Waals surface area (Å²) in [5, 5.41) is 3.42. The molecule has 0 aromatic rings. The summed E-state index contributed by atoms with van der Waals surface area (Å²) < 4.78 is 0. The third-order valence-electron chi connectivity index (χ3n) is 2.29. The SMILES string of the molecule is CCCNCCC(CN)CC(C)C. The molecule has 2 heteroatoms. The quantitative estimate of drug-likeness (QED) is 0.569. The van der Waals surface area contributed by atoms with Crippen LogP contribution in [0.15, 0.2) is 0 Å². The molecule has 0 aliphatic rings. The van der Waals surface area contributed by atoms with E-state index in [4.69, 9.17) is 5.73 Å². The summed E-state index contributed by atoms with van der Waals surface area (Å²) in [6.07, 6.45) is 3.72. The van der Waals surface area contributed by atoms with Crippen LogP contribution in [0.3, 0.4) is 0 Å². The highest BCUT2D eigenvalue weighted by Crippen LogP contribution is 2.13. The molecule has 0 spiro atoms. The molecule has 0 bridgehead atoms. The Morgan fingerprint density at radius 2 is 1.92 bits per heavy atom. The van der Waals surface area contributed by atoms with Gasteiger partial charge < -0.3 is 11.1 Å². The lowest BCUT2D eigenvalue weighted by Crippen LogP contribution is -2.23. The normalized spacial score (nSPS) is 13.6. The smallest absolute Gasteiger partial charge is 0.00458 e. The van der Waals surface area contributed by atoms with Gasteiger partial charge in [-0.3, -0.25) is 0 Å². The summed E-state index contributed by atoms with van der Waals surface area (Å²) in [6.45, 7) is 9.83. The average Bonchev–Trinajstić information content (AvgIpc) is 2.09. The van der Waals surface area contributed by atoms with Gasteiger partial charge in [0.1, 0.15) is 0 Å². The van der Waals surface area contributed by atoms with Gasteiger partial charge >= 0.3 is 0 Å². The summed E-state index contributed by atoms with van der Waals surface area (Å²) in [6, 6.07) is 0. The Morgan fingerprint density at radius 1 is 1.23 bits per heavy atom. The van der Waals surface area contributed by atoms with Gasteiger partial charge in [0.15, 0.2) is 0 Å². The van der Waals surface area contributed by atoms with Crippen molar-refractivity contribution < 1.29 is 0 Å². The molecule has 0 aromatic heterocycles. The second-order valence-corrected chi connectivity index (χ2v) is 4.27. The number of nitrogens with two attached hydrogens (primary N) is 1. The standard InChI is InChI=1S/C11H26N2/c1-4-6-13-7-5-11(9-12)8-10(2)3/h10-11,13H,4-9,12H2,1-3H3. The van der Waals surface area contributed by atoms with Crippen molar-refractivity contribution in [3.63, 3.8) is 0 Å². The van der Waals surface area contributed by atoms with Crippen molar-refractivity contribution in [2.45, 2.75) is 40.0 Å². The van der Waals surface area contributed by atoms with Crippen LogP contribution in [0.5, 0.6) is 0 Å². The van der Waals surface area contributed by atoms with E-state index in [0.29, 0.717) is 5.92 Å². The van der Waals surface area contributed by atoms with Crippen LogP contribution >= 0.6 is 0 Å². The summed E-state index contributed by atoms with van der Waals surface area (Å²) in [7, 11) is 0. The Bertz CT molecular complexity index is 102. The van der Waals surface area contributed by atoms with Crippen LogP contribution in [0, 0.1) is 11.8 Å². The van der Waals surface area contributed by atoms with E-state index in [0.717, 1.165) is 25.6 Å². The summed E-state index contributed by atoms with van der Waals surface area (Å²) in [5.74, 6) is 1.49. The van der Waals surface area contributed by atoms with E-state index in [2.05, 4.69) is 26.1 Å². The molecule has 0 heterocycles. The molecule has 0 rings (SSSR count). The molecule has 0 radical (unpaired) electrons. The molecule has 0 aliphatic carbocycles. The highest BCUT2D eigenvalue weighted by atomic mass is 14.8. The summed E-state index contributed by atoms with van der Waals surface area (Å²) in [5.41, 5.74) is 5.71. The van der Waals surface area contributed by atoms with Crippen LogP contribution in [0.1, 0.15) is 40.0 Å². The monoisotopic (exact) mass is 186 g/mol. The van der Waals surface area contributed by atoms with Crippen molar-refractivity contribution in [1.82, 2.24) is 5.32 Å². The van der Waals surface area contributed by atoms with Gasteiger partial charge in [0.25, 0.3) is 0 Å². The first-order valence-corrected chi connectivity index (χ1v) is 5.61. The fourth-order valence-corrected chi connectivity index (χ4v) is 1.61. The fourth-order valence-electron chi connectivity index (χ4n) is 1.61. The number of hydrogen-bond donors (Lipinski definition) is 2. The lowest BCUT2D eigenvalue weighted by molar-refractivity contribution is 0.386. The Kier molecular flexibility index (Phi) is 8.46. The van der Waals surface area contributed by atoms with E-state index in [1.54, 1.807) is 0 Å². The maximum atomic E-state index is 5.71. The molecule has 0 saturated carbocycles. The Labute approximate surface area is 83.3 Å². The first-order chi connectivity index (χ1) is 6.20. The van der Waals surface area contributed by atoms with E-state index in [9.17, 15) is 0 Å². The molecular weight excluding hydrogens is 160 g/mol. The maximum Gasteiger partial charge on any atom is -0.00458 e. The van der Waals surface area contributed by atoms with Crippen molar-refractivity contribution in [2.75, 3.05) is 19.6 Å². The number of rotatable bonds is 8. The van der Waals surface area contributed by atoms with Gasteiger partial charge in [0.05, 0.1) is 0 Å². The third kappa shape index (κ3) is 8.26. The van der Waals surface area contributed by atoms with Crippen LogP contribution in [0.2, 0.25) is 0 Å². The third-order valence-corrected chi connectivity index (χ3v) is 2.29. The van der Waals surface area contributed by atoms with Crippen LogP contribution in [0.4, 0.5) is 0 Å². The Hall–Kier alpha value is -0.0800. The topological polar surface area (TPSA) is 38.0 Å². The van der Waals surface area contributed by atoms with Gasteiger partial charge in [0.2, 0.25) is 0 Å². The zero-order valence-electron chi connectivity index (χ0n) is 9.47. The summed E-state index contributed by atoms with van der Waals surface area (Å²) >= 11 is 0. The predicted octanol–water partition coefficient (Wildman–Crippen LogP) is 2.00. The van der Waals surface area contributed by atoms with Crippen LogP contribution in [-0.4, -0.2) is 19.6 Å². The second kappa shape index (κ2) is 8.52. The van der Waals surface area contributed by atoms with Crippen LogP contribution in [-0.2, 0) is 0 Å².